The zero-order valence-corrected chi connectivity index (χ0v) is 20.1. The average molecular weight is 503 g/mol. The molecule has 15 heteroatoms. The summed E-state index contributed by atoms with van der Waals surface area (Å²) in [6.45, 7) is 4.78. The molecule has 13 N–H and O–H groups in total. The number of primary amides is 1. The maximum Gasteiger partial charge on any atom is 0.326 e. The van der Waals surface area contributed by atoms with Gasteiger partial charge in [0.05, 0.1) is 30.8 Å². The maximum atomic E-state index is 12.4. The van der Waals surface area contributed by atoms with Gasteiger partial charge in [0, 0.05) is 6.04 Å². The van der Waals surface area contributed by atoms with Crippen LogP contribution >= 0.6 is 0 Å². The Labute approximate surface area is 203 Å². The molecule has 0 spiro atoms. The van der Waals surface area contributed by atoms with Crippen LogP contribution in [0.15, 0.2) is 4.99 Å². The number of guanidine groups is 1. The smallest absolute Gasteiger partial charge is 0.326 e. The highest BCUT2D eigenvalue weighted by atomic mass is 16.4. The predicted molar refractivity (Wildman–Crippen MR) is 126 cm³/mol. The molecule has 7 atom stereocenters. The standard InChI is InChI=1S/C20H38N8O7/c1-8(2)15(18(33)34)27-16(31)9(3)26-17(32)14(22)11(21)4-5-12(29)13(30)6-10-7-25-19(23)28(10)20(24)35/h8-15,29-30H,4-7,21-22H2,1-3H3,(H2,23,25)(H2,24,35)(H,26,32)(H,27,31)(H,33,34)/t9-,10+,11+,12-,13+,14-,15+/m0/s1. The highest BCUT2D eigenvalue weighted by Gasteiger charge is 2.34. The number of amides is 4. The van der Waals surface area contributed by atoms with Crippen molar-refractivity contribution in [3.05, 3.63) is 0 Å². The van der Waals surface area contributed by atoms with Crippen LogP contribution in [0, 0.1) is 5.92 Å². The quantitative estimate of drug-likeness (QED) is 0.119. The van der Waals surface area contributed by atoms with Crippen LogP contribution in [-0.2, 0) is 14.4 Å². The Bertz CT molecular complexity index is 808. The Morgan fingerprint density at radius 1 is 1.06 bits per heavy atom. The maximum absolute atomic E-state index is 12.4. The van der Waals surface area contributed by atoms with E-state index in [1.807, 2.05) is 0 Å². The Kier molecular flexibility index (Phi) is 11.3. The fourth-order valence-corrected chi connectivity index (χ4v) is 3.55. The van der Waals surface area contributed by atoms with Crippen molar-refractivity contribution < 1.29 is 34.5 Å². The Balaban J connectivity index is 2.52. The molecule has 0 saturated carbocycles. The predicted octanol–water partition coefficient (Wildman–Crippen LogP) is -3.66. The molecule has 0 bridgehead atoms. The number of nitrogens with zero attached hydrogens (tertiary/aromatic N) is 2. The number of carbonyl (C=O) groups excluding carboxylic acids is 3. The summed E-state index contributed by atoms with van der Waals surface area (Å²) in [4.78, 5) is 52.3. The first-order chi connectivity index (χ1) is 16.2. The van der Waals surface area contributed by atoms with Crippen LogP contribution in [0.4, 0.5) is 4.79 Å². The van der Waals surface area contributed by atoms with Gasteiger partial charge in [0.2, 0.25) is 11.8 Å². The summed E-state index contributed by atoms with van der Waals surface area (Å²) in [5.41, 5.74) is 22.7. The second kappa shape index (κ2) is 13.2. The Morgan fingerprint density at radius 3 is 2.17 bits per heavy atom. The van der Waals surface area contributed by atoms with E-state index in [9.17, 15) is 34.5 Å². The number of aliphatic hydroxyl groups is 2. The number of carboxylic acid groups (broad SMARTS) is 1. The van der Waals surface area contributed by atoms with Crippen LogP contribution in [0.25, 0.3) is 0 Å². The van der Waals surface area contributed by atoms with Crippen molar-refractivity contribution in [3.8, 4) is 0 Å². The second-order valence-corrected chi connectivity index (χ2v) is 9.00. The van der Waals surface area contributed by atoms with Crippen LogP contribution in [0.2, 0.25) is 0 Å². The van der Waals surface area contributed by atoms with Crippen molar-refractivity contribution in [1.82, 2.24) is 15.5 Å². The average Bonchev–Trinajstić information content (AvgIpc) is 3.13. The third-order valence-electron chi connectivity index (χ3n) is 5.81. The number of carboxylic acids is 1. The van der Waals surface area contributed by atoms with Crippen molar-refractivity contribution in [2.75, 3.05) is 6.54 Å². The zero-order valence-electron chi connectivity index (χ0n) is 20.1. The van der Waals surface area contributed by atoms with Crippen molar-refractivity contribution in [2.24, 2.45) is 33.8 Å². The molecule has 0 saturated heterocycles. The van der Waals surface area contributed by atoms with Crippen LogP contribution in [0.1, 0.15) is 40.0 Å². The van der Waals surface area contributed by atoms with Crippen LogP contribution in [0.5, 0.6) is 0 Å². The molecule has 1 aliphatic rings. The topological polar surface area (TPSA) is 273 Å². The molecule has 1 aliphatic heterocycles. The first-order valence-electron chi connectivity index (χ1n) is 11.3. The zero-order chi connectivity index (χ0) is 27.0. The van der Waals surface area contributed by atoms with E-state index in [4.69, 9.17) is 22.9 Å². The number of aliphatic hydroxyl groups excluding tert-OH is 2. The van der Waals surface area contributed by atoms with Gasteiger partial charge in [-0.3, -0.25) is 19.5 Å². The minimum absolute atomic E-state index is 0.00629. The molecule has 0 radical (unpaired) electrons. The number of carbonyl (C=O) groups is 4. The minimum Gasteiger partial charge on any atom is -0.480 e. The molecule has 0 aromatic rings. The molecule has 0 aliphatic carbocycles. The van der Waals surface area contributed by atoms with Gasteiger partial charge in [-0.2, -0.15) is 0 Å². The second-order valence-electron chi connectivity index (χ2n) is 9.00. The van der Waals surface area contributed by atoms with E-state index >= 15 is 0 Å². The van der Waals surface area contributed by atoms with Gasteiger partial charge in [-0.15, -0.1) is 0 Å². The largest absolute Gasteiger partial charge is 0.480 e. The van der Waals surface area contributed by atoms with E-state index in [0.29, 0.717) is 0 Å². The van der Waals surface area contributed by atoms with Gasteiger partial charge < -0.3 is 48.9 Å². The molecule has 200 valence electrons. The molecule has 15 nitrogen and oxygen atoms in total. The van der Waals surface area contributed by atoms with Crippen LogP contribution in [-0.4, -0.2) is 99.0 Å². The molecule has 1 heterocycles. The van der Waals surface area contributed by atoms with E-state index in [0.717, 1.165) is 4.90 Å². The minimum atomic E-state index is -1.24. The van der Waals surface area contributed by atoms with Gasteiger partial charge in [-0.1, -0.05) is 13.8 Å². The van der Waals surface area contributed by atoms with Gasteiger partial charge in [-0.05, 0) is 32.1 Å². The molecule has 0 fully saturated rings. The summed E-state index contributed by atoms with van der Waals surface area (Å²) in [6, 6.07) is -5.75. The van der Waals surface area contributed by atoms with Gasteiger partial charge in [-0.25, -0.2) is 9.59 Å². The lowest BCUT2D eigenvalue weighted by molar-refractivity contribution is -0.143. The number of hydrogen-bond donors (Lipinski definition) is 9. The number of nitrogens with one attached hydrogen (secondary N) is 2. The fourth-order valence-electron chi connectivity index (χ4n) is 3.55. The summed E-state index contributed by atoms with van der Waals surface area (Å²) in [5.74, 6) is -3.05. The van der Waals surface area contributed by atoms with Crippen molar-refractivity contribution >= 4 is 29.8 Å². The third kappa shape index (κ3) is 8.61. The number of hydrogen-bond acceptors (Lipinski definition) is 10. The number of rotatable bonds is 13. The number of aliphatic carboxylic acids is 1. The van der Waals surface area contributed by atoms with Gasteiger partial charge >= 0.3 is 12.0 Å². The summed E-state index contributed by atoms with van der Waals surface area (Å²) >= 11 is 0. The van der Waals surface area contributed by atoms with Crippen molar-refractivity contribution in [3.63, 3.8) is 0 Å². The van der Waals surface area contributed by atoms with Gasteiger partial charge in [0.1, 0.15) is 12.1 Å². The molecule has 0 aromatic carbocycles. The Hall–Kier alpha value is -3.01. The summed E-state index contributed by atoms with van der Waals surface area (Å²) in [6.07, 6.45) is -2.46. The molecule has 0 unspecified atom stereocenters. The van der Waals surface area contributed by atoms with E-state index in [1.165, 1.54) is 6.92 Å². The lowest BCUT2D eigenvalue weighted by Crippen LogP contribution is -2.57. The highest BCUT2D eigenvalue weighted by Crippen LogP contribution is 2.17. The first kappa shape index (κ1) is 30.0. The van der Waals surface area contributed by atoms with Crippen molar-refractivity contribution in [1.29, 1.82) is 0 Å². The SMILES string of the molecule is CC(C)[C@@H](NC(=O)[C@H](C)NC(=O)[C@@H](N)[C@H](N)CC[C@H](O)[C@H](O)C[C@@H]1CN=C(N)N1C(N)=O)C(=O)O. The van der Waals surface area contributed by atoms with E-state index in [2.05, 4.69) is 15.6 Å². The van der Waals surface area contributed by atoms with Crippen LogP contribution in [0.3, 0.4) is 0 Å². The van der Waals surface area contributed by atoms with Gasteiger partial charge in [0.15, 0.2) is 5.96 Å². The van der Waals surface area contributed by atoms with E-state index < -0.39 is 66.2 Å². The summed E-state index contributed by atoms with van der Waals surface area (Å²) in [5, 5.41) is 34.5. The molecular weight excluding hydrogens is 464 g/mol. The first-order valence-corrected chi connectivity index (χ1v) is 11.3. The fraction of sp³-hybridized carbons (Fsp3) is 0.750. The van der Waals surface area contributed by atoms with E-state index in [1.54, 1.807) is 13.8 Å². The normalized spacial score (nSPS) is 20.9. The molecule has 1 rings (SSSR count). The van der Waals surface area contributed by atoms with Crippen LogP contribution < -0.4 is 33.6 Å². The third-order valence-corrected chi connectivity index (χ3v) is 5.81. The number of urea groups is 1. The summed E-state index contributed by atoms with van der Waals surface area (Å²) < 4.78 is 0. The monoisotopic (exact) mass is 502 g/mol. The van der Waals surface area contributed by atoms with Gasteiger partial charge in [0.25, 0.3) is 0 Å². The molecule has 4 amide bonds. The lowest BCUT2D eigenvalue weighted by atomic mass is 9.96. The van der Waals surface area contributed by atoms with E-state index in [-0.39, 0.29) is 37.7 Å². The number of aliphatic imine (C=N–C) groups is 1. The lowest BCUT2D eigenvalue weighted by Gasteiger charge is -2.27. The molecular formula is C20H38N8O7. The molecule has 0 aromatic heterocycles. The highest BCUT2D eigenvalue weighted by molar-refractivity contribution is 5.96. The Morgan fingerprint density at radius 2 is 1.66 bits per heavy atom. The van der Waals surface area contributed by atoms with Crippen molar-refractivity contribution in [2.45, 2.75) is 82.5 Å². The summed E-state index contributed by atoms with van der Waals surface area (Å²) in [7, 11) is 0. The number of nitrogens with two attached hydrogens (primary N) is 4. The molecule has 35 heavy (non-hydrogen) atoms.